The van der Waals surface area contributed by atoms with Crippen LogP contribution in [0.1, 0.15) is 14.7 Å². The van der Waals surface area contributed by atoms with E-state index in [9.17, 15) is 18.0 Å². The SMILES string of the molecule is C=CC(=O)c1cnc(C(F)(F)F)s1. The Hall–Kier alpha value is -1.17. The fourth-order valence-corrected chi connectivity index (χ4v) is 1.34. The average molecular weight is 207 g/mol. The lowest BCUT2D eigenvalue weighted by Crippen LogP contribution is -2.02. The van der Waals surface area contributed by atoms with E-state index in [1.807, 2.05) is 0 Å². The number of carbonyl (C=O) groups excluding carboxylic acids is 1. The summed E-state index contributed by atoms with van der Waals surface area (Å²) in [5.41, 5.74) is 0. The summed E-state index contributed by atoms with van der Waals surface area (Å²) in [5.74, 6) is -0.548. The van der Waals surface area contributed by atoms with Gasteiger partial charge in [0.1, 0.15) is 0 Å². The Morgan fingerprint density at radius 2 is 2.23 bits per heavy atom. The fraction of sp³-hybridized carbons (Fsp3) is 0.143. The first kappa shape index (κ1) is 9.91. The number of nitrogens with zero attached hydrogens (tertiary/aromatic N) is 1. The minimum absolute atomic E-state index is 0.0534. The third-order valence-electron chi connectivity index (χ3n) is 1.18. The molecule has 0 radical (unpaired) electrons. The molecule has 2 nitrogen and oxygen atoms in total. The van der Waals surface area contributed by atoms with Crippen LogP contribution in [0.4, 0.5) is 13.2 Å². The monoisotopic (exact) mass is 207 g/mol. The second-order valence-corrected chi connectivity index (χ2v) is 3.13. The molecule has 0 aromatic carbocycles. The van der Waals surface area contributed by atoms with Crippen LogP contribution in [0.25, 0.3) is 0 Å². The maximum absolute atomic E-state index is 12.0. The van der Waals surface area contributed by atoms with Crippen molar-refractivity contribution >= 4 is 17.1 Å². The Kier molecular flexibility index (Phi) is 2.51. The van der Waals surface area contributed by atoms with Gasteiger partial charge in [0.15, 0.2) is 10.8 Å². The first-order valence-electron chi connectivity index (χ1n) is 3.15. The van der Waals surface area contributed by atoms with Crippen molar-refractivity contribution in [1.82, 2.24) is 4.98 Å². The van der Waals surface area contributed by atoms with Crippen molar-refractivity contribution in [3.63, 3.8) is 0 Å². The third kappa shape index (κ3) is 2.15. The number of rotatable bonds is 2. The van der Waals surface area contributed by atoms with Crippen LogP contribution in [0.2, 0.25) is 0 Å². The second kappa shape index (κ2) is 3.29. The molecule has 0 amide bonds. The smallest absolute Gasteiger partial charge is 0.288 e. The van der Waals surface area contributed by atoms with Crippen LogP contribution in [0.5, 0.6) is 0 Å². The number of halogens is 3. The van der Waals surface area contributed by atoms with Crippen LogP contribution in [0, 0.1) is 0 Å². The number of aromatic nitrogens is 1. The molecule has 0 aliphatic carbocycles. The van der Waals surface area contributed by atoms with E-state index in [2.05, 4.69) is 11.6 Å². The van der Waals surface area contributed by atoms with E-state index in [0.717, 1.165) is 12.3 Å². The highest BCUT2D eigenvalue weighted by Crippen LogP contribution is 2.32. The van der Waals surface area contributed by atoms with E-state index in [0.29, 0.717) is 11.3 Å². The van der Waals surface area contributed by atoms with E-state index >= 15 is 0 Å². The highest BCUT2D eigenvalue weighted by molar-refractivity contribution is 7.13. The molecule has 70 valence electrons. The minimum atomic E-state index is -4.48. The molecule has 13 heavy (non-hydrogen) atoms. The lowest BCUT2D eigenvalue weighted by Gasteiger charge is -1.98. The Bertz CT molecular complexity index is 342. The highest BCUT2D eigenvalue weighted by atomic mass is 32.1. The van der Waals surface area contributed by atoms with Gasteiger partial charge in [-0.3, -0.25) is 4.79 Å². The van der Waals surface area contributed by atoms with Gasteiger partial charge in [-0.1, -0.05) is 6.58 Å². The van der Waals surface area contributed by atoms with Gasteiger partial charge in [-0.25, -0.2) is 4.98 Å². The maximum atomic E-state index is 12.0. The number of hydrogen-bond acceptors (Lipinski definition) is 3. The normalized spacial score (nSPS) is 11.3. The molecule has 1 heterocycles. The number of hydrogen-bond donors (Lipinski definition) is 0. The Morgan fingerprint density at radius 1 is 1.62 bits per heavy atom. The van der Waals surface area contributed by atoms with Gasteiger partial charge in [-0.2, -0.15) is 13.2 Å². The molecule has 0 N–H and O–H groups in total. The Balaban J connectivity index is 3.00. The van der Waals surface area contributed by atoms with Gasteiger partial charge in [0.25, 0.3) is 0 Å². The van der Waals surface area contributed by atoms with Crippen LogP contribution in [-0.2, 0) is 6.18 Å². The summed E-state index contributed by atoms with van der Waals surface area (Å²) in [6.07, 6.45) is -2.63. The highest BCUT2D eigenvalue weighted by Gasteiger charge is 2.34. The van der Waals surface area contributed by atoms with Crippen LogP contribution < -0.4 is 0 Å². The molecule has 0 aliphatic rings. The van der Waals surface area contributed by atoms with E-state index in [-0.39, 0.29) is 4.88 Å². The number of thiazole rings is 1. The van der Waals surface area contributed by atoms with Crippen molar-refractivity contribution in [2.75, 3.05) is 0 Å². The van der Waals surface area contributed by atoms with Crippen molar-refractivity contribution in [3.8, 4) is 0 Å². The third-order valence-corrected chi connectivity index (χ3v) is 2.23. The zero-order valence-electron chi connectivity index (χ0n) is 6.26. The molecule has 0 saturated heterocycles. The molecule has 1 aromatic rings. The van der Waals surface area contributed by atoms with E-state index in [1.165, 1.54) is 0 Å². The standard InChI is InChI=1S/C7H4F3NOS/c1-2-4(12)5-3-11-6(13-5)7(8,9)10/h2-3H,1H2. The van der Waals surface area contributed by atoms with Gasteiger partial charge in [0.05, 0.1) is 4.88 Å². The molecule has 0 bridgehead atoms. The van der Waals surface area contributed by atoms with Gasteiger partial charge >= 0.3 is 6.18 Å². The summed E-state index contributed by atoms with van der Waals surface area (Å²) in [6, 6.07) is 0. The van der Waals surface area contributed by atoms with Gasteiger partial charge in [0, 0.05) is 6.20 Å². The predicted octanol–water partition coefficient (Wildman–Crippen LogP) is 2.53. The number of carbonyl (C=O) groups is 1. The van der Waals surface area contributed by atoms with Gasteiger partial charge in [-0.15, -0.1) is 11.3 Å². The Morgan fingerprint density at radius 3 is 2.62 bits per heavy atom. The topological polar surface area (TPSA) is 30.0 Å². The summed E-state index contributed by atoms with van der Waals surface area (Å²) in [5, 5.41) is -1.02. The second-order valence-electron chi connectivity index (χ2n) is 2.10. The van der Waals surface area contributed by atoms with E-state index < -0.39 is 17.0 Å². The number of ketones is 1. The molecular formula is C7H4F3NOS. The lowest BCUT2D eigenvalue weighted by atomic mass is 10.3. The van der Waals surface area contributed by atoms with Crippen LogP contribution in [0.3, 0.4) is 0 Å². The quantitative estimate of drug-likeness (QED) is 0.551. The van der Waals surface area contributed by atoms with Gasteiger partial charge < -0.3 is 0 Å². The summed E-state index contributed by atoms with van der Waals surface area (Å²) in [6.45, 7) is 3.16. The molecule has 1 aromatic heterocycles. The van der Waals surface area contributed by atoms with Crippen molar-refractivity contribution < 1.29 is 18.0 Å². The first-order valence-corrected chi connectivity index (χ1v) is 3.96. The zero-order valence-corrected chi connectivity index (χ0v) is 7.08. The molecule has 0 spiro atoms. The van der Waals surface area contributed by atoms with Crippen LogP contribution >= 0.6 is 11.3 Å². The van der Waals surface area contributed by atoms with Gasteiger partial charge in [0.2, 0.25) is 0 Å². The van der Waals surface area contributed by atoms with E-state index in [4.69, 9.17) is 0 Å². The number of alkyl halides is 3. The largest absolute Gasteiger partial charge is 0.443 e. The maximum Gasteiger partial charge on any atom is 0.443 e. The predicted molar refractivity (Wildman–Crippen MR) is 41.6 cm³/mol. The first-order chi connectivity index (χ1) is 5.95. The molecular weight excluding hydrogens is 203 g/mol. The van der Waals surface area contributed by atoms with Crippen molar-refractivity contribution in [1.29, 1.82) is 0 Å². The van der Waals surface area contributed by atoms with Crippen LogP contribution in [-0.4, -0.2) is 10.8 Å². The summed E-state index contributed by atoms with van der Waals surface area (Å²) in [4.78, 5) is 13.9. The summed E-state index contributed by atoms with van der Waals surface area (Å²) in [7, 11) is 0. The van der Waals surface area contributed by atoms with Crippen LogP contribution in [0.15, 0.2) is 18.9 Å². The Labute approximate surface area is 75.7 Å². The minimum Gasteiger partial charge on any atom is -0.288 e. The van der Waals surface area contributed by atoms with E-state index in [1.54, 1.807) is 0 Å². The number of allylic oxidation sites excluding steroid dienone is 1. The molecule has 0 atom stereocenters. The van der Waals surface area contributed by atoms with Gasteiger partial charge in [-0.05, 0) is 6.08 Å². The lowest BCUT2D eigenvalue weighted by molar-refractivity contribution is -0.137. The fourth-order valence-electron chi connectivity index (χ4n) is 0.620. The van der Waals surface area contributed by atoms with Crippen molar-refractivity contribution in [2.24, 2.45) is 0 Å². The summed E-state index contributed by atoms with van der Waals surface area (Å²) < 4.78 is 35.9. The molecule has 0 fully saturated rings. The molecule has 0 saturated carbocycles. The van der Waals surface area contributed by atoms with Crippen molar-refractivity contribution in [3.05, 3.63) is 28.7 Å². The molecule has 0 aliphatic heterocycles. The molecule has 6 heteroatoms. The summed E-state index contributed by atoms with van der Waals surface area (Å²) >= 11 is 0.316. The van der Waals surface area contributed by atoms with Crippen molar-refractivity contribution in [2.45, 2.75) is 6.18 Å². The molecule has 1 rings (SSSR count). The molecule has 0 unspecified atom stereocenters. The zero-order chi connectivity index (χ0) is 10.1. The average Bonchev–Trinajstić information content (AvgIpc) is 2.50.